The molecule has 4 aromatic heterocycles. The molecule has 0 saturated carbocycles. The van der Waals surface area contributed by atoms with Crippen LogP contribution in [0.3, 0.4) is 0 Å². The first-order valence-electron chi connectivity index (χ1n) is 20.8. The molecule has 0 fully saturated rings. The van der Waals surface area contributed by atoms with Gasteiger partial charge in [-0.05, 0) is 67.1 Å². The summed E-state index contributed by atoms with van der Waals surface area (Å²) in [6, 6.07) is 71.9. The highest BCUT2D eigenvalue weighted by Crippen LogP contribution is 2.44. The minimum absolute atomic E-state index is 0.612. The highest BCUT2D eigenvalue weighted by molar-refractivity contribution is 6.25. The Kier molecular flexibility index (Phi) is 8.25. The van der Waals surface area contributed by atoms with Crippen molar-refractivity contribution in [1.29, 1.82) is 0 Å². The third-order valence-electron chi connectivity index (χ3n) is 11.7. The second-order valence-corrected chi connectivity index (χ2v) is 15.6. The maximum absolute atomic E-state index is 5.56. The van der Waals surface area contributed by atoms with Gasteiger partial charge in [0.2, 0.25) is 0 Å². The largest absolute Gasteiger partial charge is 0.308 e. The van der Waals surface area contributed by atoms with E-state index in [1.54, 1.807) is 0 Å². The second kappa shape index (κ2) is 14.4. The molecule has 0 bridgehead atoms. The van der Waals surface area contributed by atoms with E-state index < -0.39 is 0 Å². The summed E-state index contributed by atoms with van der Waals surface area (Å²) in [5.41, 5.74) is 13.2. The van der Waals surface area contributed by atoms with Crippen molar-refractivity contribution in [2.75, 3.05) is 0 Å². The number of fused-ring (bicyclic) bond motifs is 7. The van der Waals surface area contributed by atoms with Gasteiger partial charge in [-0.15, -0.1) is 0 Å². The third kappa shape index (κ3) is 5.74. The summed E-state index contributed by atoms with van der Waals surface area (Å²) < 4.78 is 7.09. The highest BCUT2D eigenvalue weighted by Gasteiger charge is 2.27. The van der Waals surface area contributed by atoms with Crippen molar-refractivity contribution in [2.24, 2.45) is 0 Å². The molecule has 0 saturated heterocycles. The van der Waals surface area contributed by atoms with Gasteiger partial charge in [0.1, 0.15) is 11.3 Å². The van der Waals surface area contributed by atoms with Gasteiger partial charge in [-0.3, -0.25) is 9.13 Å². The number of hydrogen-bond acceptors (Lipinski definition) is 4. The first-order chi connectivity index (χ1) is 30.7. The number of rotatable bonds is 7. The summed E-state index contributed by atoms with van der Waals surface area (Å²) in [6.45, 7) is 2.15. The number of imidazole rings is 1. The van der Waals surface area contributed by atoms with Crippen LogP contribution in [0.25, 0.3) is 106 Å². The fourth-order valence-electron chi connectivity index (χ4n) is 9.04. The Morgan fingerprint density at radius 2 is 0.855 bits per heavy atom. The van der Waals surface area contributed by atoms with Crippen molar-refractivity contribution in [1.82, 2.24) is 33.6 Å². The smallest absolute Gasteiger partial charge is 0.165 e. The third-order valence-corrected chi connectivity index (χ3v) is 11.7. The SMILES string of the molecule is Cc1cc(-c2nc(-c3ccccc3)nc(-c3ccccc3)n2)cc(-n2c3ccccc3c3ccc4c(c5c(nc(-c6ccccc6)n5-c5ccccc5)n4-c4ccccc4)c32)c1. The fraction of sp³-hybridized carbons (Fsp3) is 0.0182. The van der Waals surface area contributed by atoms with Gasteiger partial charge in [0.15, 0.2) is 23.1 Å². The lowest BCUT2D eigenvalue weighted by atomic mass is 10.1. The molecule has 12 rings (SSSR count). The van der Waals surface area contributed by atoms with E-state index in [0.29, 0.717) is 17.5 Å². The van der Waals surface area contributed by atoms with E-state index in [1.165, 1.54) is 5.39 Å². The normalized spacial score (nSPS) is 11.6. The van der Waals surface area contributed by atoms with Crippen LogP contribution in [0.5, 0.6) is 0 Å². The Bertz CT molecular complexity index is 3550. The summed E-state index contributed by atoms with van der Waals surface area (Å²) in [7, 11) is 0. The molecule has 12 aromatic rings. The van der Waals surface area contributed by atoms with Crippen molar-refractivity contribution in [3.8, 4) is 62.6 Å². The quantitative estimate of drug-likeness (QED) is 0.161. The Morgan fingerprint density at radius 1 is 0.339 bits per heavy atom. The van der Waals surface area contributed by atoms with Crippen LogP contribution in [-0.4, -0.2) is 33.6 Å². The van der Waals surface area contributed by atoms with E-state index in [1.807, 2.05) is 60.7 Å². The zero-order chi connectivity index (χ0) is 41.1. The molecule has 7 heteroatoms. The van der Waals surface area contributed by atoms with Crippen LogP contribution in [0.2, 0.25) is 0 Å². The Morgan fingerprint density at radius 3 is 1.47 bits per heavy atom. The number of nitrogens with zero attached hydrogens (tertiary/aromatic N) is 7. The average molecular weight is 796 g/mol. The molecular weight excluding hydrogens is 759 g/mol. The van der Waals surface area contributed by atoms with Gasteiger partial charge in [0.05, 0.1) is 21.9 Å². The average Bonchev–Trinajstić information content (AvgIpc) is 4.00. The molecule has 0 aliphatic heterocycles. The summed E-state index contributed by atoms with van der Waals surface area (Å²) in [4.78, 5) is 20.8. The predicted molar refractivity (Wildman–Crippen MR) is 252 cm³/mol. The number of benzene rings is 8. The molecule has 62 heavy (non-hydrogen) atoms. The zero-order valence-corrected chi connectivity index (χ0v) is 33.8. The van der Waals surface area contributed by atoms with E-state index in [9.17, 15) is 0 Å². The molecule has 0 radical (unpaired) electrons. The van der Waals surface area contributed by atoms with E-state index >= 15 is 0 Å². The van der Waals surface area contributed by atoms with Crippen LogP contribution in [0.15, 0.2) is 206 Å². The van der Waals surface area contributed by atoms with Gasteiger partial charge in [0.25, 0.3) is 0 Å². The second-order valence-electron chi connectivity index (χ2n) is 15.6. The number of aromatic nitrogens is 7. The van der Waals surface area contributed by atoms with Gasteiger partial charge in [0, 0.05) is 50.1 Å². The van der Waals surface area contributed by atoms with Gasteiger partial charge >= 0.3 is 0 Å². The molecule has 0 spiro atoms. The monoisotopic (exact) mass is 795 g/mol. The van der Waals surface area contributed by atoms with Crippen molar-refractivity contribution in [3.63, 3.8) is 0 Å². The van der Waals surface area contributed by atoms with Gasteiger partial charge in [-0.2, -0.15) is 0 Å². The van der Waals surface area contributed by atoms with E-state index in [4.69, 9.17) is 19.9 Å². The molecule has 4 heterocycles. The topological polar surface area (TPSA) is 66.3 Å². The Labute approximate surface area is 357 Å². The van der Waals surface area contributed by atoms with E-state index in [-0.39, 0.29) is 0 Å². The van der Waals surface area contributed by atoms with Crippen LogP contribution in [-0.2, 0) is 0 Å². The molecule has 0 amide bonds. The van der Waals surface area contributed by atoms with Crippen molar-refractivity contribution < 1.29 is 0 Å². The molecular formula is C55H37N7. The van der Waals surface area contributed by atoms with Gasteiger partial charge < -0.3 is 4.57 Å². The zero-order valence-electron chi connectivity index (χ0n) is 33.8. The molecule has 292 valence electrons. The first kappa shape index (κ1) is 35.5. The number of aryl methyl sites for hydroxylation is 1. The minimum atomic E-state index is 0.612. The summed E-state index contributed by atoms with van der Waals surface area (Å²) in [6.07, 6.45) is 0. The highest BCUT2D eigenvalue weighted by atomic mass is 15.2. The Balaban J connectivity index is 1.20. The van der Waals surface area contributed by atoms with Crippen LogP contribution in [0.4, 0.5) is 0 Å². The molecule has 0 aliphatic rings. The summed E-state index contributed by atoms with van der Waals surface area (Å²) in [5, 5.41) is 3.43. The summed E-state index contributed by atoms with van der Waals surface area (Å²) in [5.74, 6) is 2.75. The molecule has 0 atom stereocenters. The fourth-order valence-corrected chi connectivity index (χ4v) is 9.04. The van der Waals surface area contributed by atoms with Crippen LogP contribution >= 0.6 is 0 Å². The molecule has 0 N–H and O–H groups in total. The maximum Gasteiger partial charge on any atom is 0.165 e. The van der Waals surface area contributed by atoms with Crippen molar-refractivity contribution in [3.05, 3.63) is 212 Å². The molecule has 0 aliphatic carbocycles. The molecule has 7 nitrogen and oxygen atoms in total. The van der Waals surface area contributed by atoms with Crippen molar-refractivity contribution in [2.45, 2.75) is 6.92 Å². The molecule has 0 unspecified atom stereocenters. The molecule has 8 aromatic carbocycles. The number of para-hydroxylation sites is 3. The van der Waals surface area contributed by atoms with Gasteiger partial charge in [-0.25, -0.2) is 19.9 Å². The Hall–Kier alpha value is -8.42. The van der Waals surface area contributed by atoms with Crippen LogP contribution < -0.4 is 0 Å². The summed E-state index contributed by atoms with van der Waals surface area (Å²) >= 11 is 0. The maximum atomic E-state index is 5.56. The minimum Gasteiger partial charge on any atom is -0.308 e. The van der Waals surface area contributed by atoms with Crippen LogP contribution in [0, 0.1) is 6.92 Å². The van der Waals surface area contributed by atoms with Gasteiger partial charge in [-0.1, -0.05) is 152 Å². The standard InChI is InChI=1S/C55H37N7/c1-36-33-40(53-57-51(37-19-7-2-8-20-37)56-52(58-53)38-21-9-3-10-22-38)35-43(34-36)60-46-30-18-17-29-44(46)45-31-32-47-48(49(45)60)50-55(61(47)41-25-13-5-14-26-41)59-54(39-23-11-4-12-24-39)62(50)42-27-15-6-16-28-42/h2-35H,1H3. The van der Waals surface area contributed by atoms with Crippen molar-refractivity contribution >= 4 is 43.9 Å². The lowest BCUT2D eigenvalue weighted by molar-refractivity contribution is 1.07. The predicted octanol–water partition coefficient (Wildman–Crippen LogP) is 13.2. The van der Waals surface area contributed by atoms with E-state index in [2.05, 4.69) is 166 Å². The van der Waals surface area contributed by atoms with E-state index in [0.717, 1.165) is 89.2 Å². The number of hydrogen-bond donors (Lipinski definition) is 0. The first-order valence-corrected chi connectivity index (χ1v) is 20.8. The van der Waals surface area contributed by atoms with Crippen LogP contribution in [0.1, 0.15) is 5.56 Å². The lowest BCUT2D eigenvalue weighted by Gasteiger charge is -2.14. The lowest BCUT2D eigenvalue weighted by Crippen LogP contribution is -2.02.